The second-order valence-corrected chi connectivity index (χ2v) is 22.3. The smallest absolute Gasteiger partial charge is 0.314 e. The number of hydrogen-bond donors (Lipinski definition) is 0. The first-order chi connectivity index (χ1) is 16.1. The Labute approximate surface area is 213 Å². The zero-order valence-electron chi connectivity index (χ0n) is 23.0. The molecule has 4 aliphatic rings. The molecule has 196 valence electrons. The van der Waals surface area contributed by atoms with Crippen LogP contribution in [0.15, 0.2) is 24.3 Å². The quantitative estimate of drug-likeness (QED) is 0.268. The summed E-state index contributed by atoms with van der Waals surface area (Å²) in [7, 11) is -1.29. The van der Waals surface area contributed by atoms with Crippen molar-refractivity contribution < 1.29 is 27.9 Å². The average Bonchev–Trinajstić information content (AvgIpc) is 3.13. The fraction of sp³-hybridized carbons (Fsp3) is 0.778. The number of hydrogen-bond acceptors (Lipinski definition) is 6. The van der Waals surface area contributed by atoms with Crippen LogP contribution in [0.5, 0.6) is 0 Å². The van der Waals surface area contributed by atoms with Crippen LogP contribution in [0.4, 0.5) is 0 Å². The van der Waals surface area contributed by atoms with Crippen LogP contribution >= 0.6 is 0 Å². The molecule has 0 N–H and O–H groups in total. The Bertz CT molecular complexity index is 948. The van der Waals surface area contributed by atoms with E-state index in [1.54, 1.807) is 0 Å². The summed E-state index contributed by atoms with van der Waals surface area (Å²) < 4.78 is 24.8. The summed E-state index contributed by atoms with van der Waals surface area (Å²) in [4.78, 5) is 27.6. The first-order valence-corrected chi connectivity index (χ1v) is 19.8. The Balaban J connectivity index is 2.03. The van der Waals surface area contributed by atoms with Crippen LogP contribution in [-0.4, -0.2) is 54.5 Å². The molecule has 0 heterocycles. The van der Waals surface area contributed by atoms with E-state index in [0.29, 0.717) is 5.92 Å². The van der Waals surface area contributed by atoms with E-state index in [1.807, 2.05) is 6.92 Å². The van der Waals surface area contributed by atoms with Crippen molar-refractivity contribution in [2.75, 3.05) is 14.2 Å². The molecule has 0 amide bonds. The molecule has 8 heteroatoms. The highest BCUT2D eigenvalue weighted by Crippen LogP contribution is 2.75. The van der Waals surface area contributed by atoms with Crippen LogP contribution in [0.3, 0.4) is 0 Å². The van der Waals surface area contributed by atoms with Gasteiger partial charge in [-0.3, -0.25) is 9.59 Å². The van der Waals surface area contributed by atoms with Crippen LogP contribution in [0, 0.1) is 34.5 Å². The molecule has 0 saturated heterocycles. The summed E-state index contributed by atoms with van der Waals surface area (Å²) in [5.74, 6) is -1.06. The van der Waals surface area contributed by atoms with Gasteiger partial charge in [0.2, 0.25) is 0 Å². The van der Waals surface area contributed by atoms with Gasteiger partial charge in [-0.05, 0) is 89.1 Å². The molecule has 3 fully saturated rings. The molecule has 1 spiro atoms. The van der Waals surface area contributed by atoms with Crippen molar-refractivity contribution in [3.63, 3.8) is 0 Å². The number of ether oxygens (including phenoxy) is 2. The minimum Gasteiger partial charge on any atom is -0.469 e. The Morgan fingerprint density at radius 3 is 2.23 bits per heavy atom. The SMILES string of the molecule is C=C1C[C@]23CC1CC[C@H]2[C@]1(O[Si](C)(C)C)C=C[C@H](O[Si](C)(C)C)C(C)(C(=O)OC)[C@H]1[C@@H]3C(=O)OC. The molecular weight excluding hydrogens is 476 g/mol. The predicted molar refractivity (Wildman–Crippen MR) is 141 cm³/mol. The molecule has 8 atom stereocenters. The van der Waals surface area contributed by atoms with Crippen molar-refractivity contribution in [2.24, 2.45) is 34.5 Å². The van der Waals surface area contributed by atoms with E-state index < -0.39 is 45.6 Å². The maximum atomic E-state index is 13.8. The number of allylic oxidation sites excluding steroid dienone is 1. The molecule has 4 rings (SSSR count). The van der Waals surface area contributed by atoms with Gasteiger partial charge in [-0.2, -0.15) is 0 Å². The Morgan fingerprint density at radius 1 is 1.03 bits per heavy atom. The van der Waals surface area contributed by atoms with Gasteiger partial charge in [-0.1, -0.05) is 24.3 Å². The summed E-state index contributed by atoms with van der Waals surface area (Å²) in [6, 6.07) is 0. The first kappa shape index (κ1) is 26.8. The number of rotatable bonds is 6. The van der Waals surface area contributed by atoms with E-state index in [-0.39, 0.29) is 23.3 Å². The van der Waals surface area contributed by atoms with Gasteiger partial charge in [0.05, 0.1) is 31.8 Å². The minimum absolute atomic E-state index is 0.0967. The van der Waals surface area contributed by atoms with E-state index in [1.165, 1.54) is 19.8 Å². The molecule has 35 heavy (non-hydrogen) atoms. The Morgan fingerprint density at radius 2 is 1.69 bits per heavy atom. The third kappa shape index (κ3) is 3.94. The zero-order valence-corrected chi connectivity index (χ0v) is 25.0. The monoisotopic (exact) mass is 520 g/mol. The van der Waals surface area contributed by atoms with Crippen LogP contribution in [0.1, 0.15) is 32.6 Å². The summed E-state index contributed by atoms with van der Waals surface area (Å²) in [5, 5.41) is 0. The third-order valence-electron chi connectivity index (χ3n) is 9.05. The molecule has 2 bridgehead atoms. The normalized spacial score (nSPS) is 42.4. The summed E-state index contributed by atoms with van der Waals surface area (Å²) >= 11 is 0. The van der Waals surface area contributed by atoms with Crippen molar-refractivity contribution in [2.45, 2.75) is 83.6 Å². The highest BCUT2D eigenvalue weighted by atomic mass is 28.4. The number of esters is 2. The van der Waals surface area contributed by atoms with E-state index in [4.69, 9.17) is 18.3 Å². The largest absolute Gasteiger partial charge is 0.469 e. The van der Waals surface area contributed by atoms with E-state index in [2.05, 4.69) is 58.0 Å². The second kappa shape index (κ2) is 8.40. The van der Waals surface area contributed by atoms with Gasteiger partial charge in [0, 0.05) is 5.92 Å². The molecule has 0 aromatic carbocycles. The lowest BCUT2D eigenvalue weighted by molar-refractivity contribution is -0.177. The van der Waals surface area contributed by atoms with E-state index >= 15 is 0 Å². The minimum atomic E-state index is -2.13. The van der Waals surface area contributed by atoms with Crippen LogP contribution in [-0.2, 0) is 27.9 Å². The molecule has 0 aromatic rings. The molecule has 0 aromatic heterocycles. The number of carbonyl (C=O) groups is 2. The lowest BCUT2D eigenvalue weighted by Gasteiger charge is -2.54. The number of carbonyl (C=O) groups excluding carboxylic acids is 2. The van der Waals surface area contributed by atoms with Crippen molar-refractivity contribution in [3.05, 3.63) is 24.3 Å². The summed E-state index contributed by atoms with van der Waals surface area (Å²) in [6.07, 6.45) is 7.39. The van der Waals surface area contributed by atoms with E-state index in [0.717, 1.165) is 25.7 Å². The molecule has 4 aliphatic carbocycles. The molecule has 2 unspecified atom stereocenters. The van der Waals surface area contributed by atoms with Gasteiger partial charge in [-0.25, -0.2) is 0 Å². The third-order valence-corrected chi connectivity index (χ3v) is 11.0. The average molecular weight is 521 g/mol. The number of methoxy groups -OCH3 is 2. The predicted octanol–water partition coefficient (Wildman–Crippen LogP) is 5.33. The maximum absolute atomic E-state index is 13.8. The van der Waals surface area contributed by atoms with Crippen LogP contribution in [0.2, 0.25) is 39.3 Å². The topological polar surface area (TPSA) is 71.1 Å². The second-order valence-electron chi connectivity index (χ2n) is 13.4. The number of fused-ring (bicyclic) bond motifs is 3. The Kier molecular flexibility index (Phi) is 6.44. The lowest BCUT2D eigenvalue weighted by atomic mass is 9.59. The van der Waals surface area contributed by atoms with E-state index in [9.17, 15) is 9.59 Å². The molecule has 6 nitrogen and oxygen atoms in total. The fourth-order valence-electron chi connectivity index (χ4n) is 8.26. The molecule has 0 radical (unpaired) electrons. The van der Waals surface area contributed by atoms with Crippen molar-refractivity contribution in [3.8, 4) is 0 Å². The van der Waals surface area contributed by atoms with Gasteiger partial charge in [-0.15, -0.1) is 0 Å². The van der Waals surface area contributed by atoms with Gasteiger partial charge < -0.3 is 18.3 Å². The van der Waals surface area contributed by atoms with Gasteiger partial charge in [0.1, 0.15) is 5.41 Å². The molecule has 3 saturated carbocycles. The standard InChI is InChI=1S/C27H44O6Si2/c1-17-15-26-16-18(17)11-12-19(26)27(33-35(8,9)10)14-13-20(32-34(5,6)7)25(2,24(29)31-4)22(27)21(26)23(28)30-3/h13-14,18-22H,1,11-12,15-16H2,2-10H3/t18?,19-,20+,21-,22-,25?,26+,27-/m1/s1. The van der Waals surface area contributed by atoms with Crippen molar-refractivity contribution in [1.82, 2.24) is 0 Å². The van der Waals surface area contributed by atoms with Gasteiger partial charge >= 0.3 is 11.9 Å². The highest BCUT2D eigenvalue weighted by molar-refractivity contribution is 6.70. The van der Waals surface area contributed by atoms with Crippen molar-refractivity contribution in [1.29, 1.82) is 0 Å². The van der Waals surface area contributed by atoms with Gasteiger partial charge in [0.15, 0.2) is 16.6 Å². The Hall–Kier alpha value is -1.23. The molecular formula is C27H44O6Si2. The maximum Gasteiger partial charge on any atom is 0.314 e. The van der Waals surface area contributed by atoms with Crippen LogP contribution in [0.25, 0.3) is 0 Å². The van der Waals surface area contributed by atoms with Gasteiger partial charge in [0.25, 0.3) is 0 Å². The first-order valence-electron chi connectivity index (χ1n) is 13.0. The lowest BCUT2D eigenvalue weighted by Crippen LogP contribution is -2.63. The summed E-state index contributed by atoms with van der Waals surface area (Å²) in [6.45, 7) is 19.3. The van der Waals surface area contributed by atoms with Crippen molar-refractivity contribution >= 4 is 28.6 Å². The zero-order chi connectivity index (χ0) is 26.2. The highest BCUT2D eigenvalue weighted by Gasteiger charge is 2.78. The summed E-state index contributed by atoms with van der Waals surface area (Å²) in [5.41, 5.74) is -0.984. The fourth-order valence-corrected chi connectivity index (χ4v) is 10.7. The molecule has 0 aliphatic heterocycles. The van der Waals surface area contributed by atoms with Crippen LogP contribution < -0.4 is 0 Å².